The summed E-state index contributed by atoms with van der Waals surface area (Å²) in [6, 6.07) is 8.31. The molecule has 6 atom stereocenters. The van der Waals surface area contributed by atoms with Crippen LogP contribution < -0.4 is 0 Å². The van der Waals surface area contributed by atoms with Gasteiger partial charge >= 0.3 is 0 Å². The van der Waals surface area contributed by atoms with Crippen LogP contribution in [-0.4, -0.2) is 87.1 Å². The molecule has 4 rings (SSSR count). The predicted octanol–water partition coefficient (Wildman–Crippen LogP) is 3.94. The maximum atomic E-state index is 14.4. The van der Waals surface area contributed by atoms with E-state index in [4.69, 9.17) is 4.74 Å². The minimum absolute atomic E-state index is 0.160. The third-order valence-corrected chi connectivity index (χ3v) is 9.36. The third kappa shape index (κ3) is 5.48. The summed E-state index contributed by atoms with van der Waals surface area (Å²) in [6.45, 7) is 15.0. The zero-order valence-electron chi connectivity index (χ0n) is 25.0. The van der Waals surface area contributed by atoms with E-state index < -0.39 is 35.1 Å². The van der Waals surface area contributed by atoms with E-state index in [-0.39, 0.29) is 24.3 Å². The van der Waals surface area contributed by atoms with Gasteiger partial charge in [0.25, 0.3) is 0 Å². The van der Waals surface area contributed by atoms with Crippen LogP contribution in [-0.2, 0) is 25.7 Å². The summed E-state index contributed by atoms with van der Waals surface area (Å²) in [7, 11) is 0. The highest BCUT2D eigenvalue weighted by Crippen LogP contribution is 2.64. The molecule has 3 heterocycles. The minimum Gasteiger partial charge on any atom is -0.394 e. The first-order chi connectivity index (χ1) is 19.7. The standard InChI is InChI=1S/C33H47N3O5/c1-6-10-14-21-34(19-7-2)31(40)28-33-18-17-32(5,41-33)26(27(33)30(39)36(28)25(9-4)23-37)29(38)35(20-8-3)22-24-15-12-11-13-16-24/h7-8,11-13,15-16,25-28,37H,2-3,6,9-10,14,17-23H2,1,4-5H3/t25-,26+,27-,28?,32-,33?/m0/s1. The molecule has 224 valence electrons. The molecule has 8 nitrogen and oxygen atoms in total. The van der Waals surface area contributed by atoms with Crippen LogP contribution in [0.15, 0.2) is 55.6 Å². The number of rotatable bonds is 15. The quantitative estimate of drug-likeness (QED) is 0.257. The van der Waals surface area contributed by atoms with Gasteiger partial charge in [-0.05, 0) is 38.2 Å². The molecule has 3 aliphatic rings. The van der Waals surface area contributed by atoms with Gasteiger partial charge < -0.3 is 24.5 Å². The molecule has 3 fully saturated rings. The Morgan fingerprint density at radius 1 is 1.10 bits per heavy atom. The second-order valence-corrected chi connectivity index (χ2v) is 12.0. The van der Waals surface area contributed by atoms with Crippen LogP contribution in [0.2, 0.25) is 0 Å². The number of carbonyl (C=O) groups excluding carboxylic acids is 3. The molecule has 3 amide bonds. The molecule has 1 N–H and O–H groups in total. The Balaban J connectivity index is 1.75. The second kappa shape index (κ2) is 12.9. The first-order valence-corrected chi connectivity index (χ1v) is 15.2. The van der Waals surface area contributed by atoms with E-state index >= 15 is 0 Å². The Morgan fingerprint density at radius 2 is 1.78 bits per heavy atom. The molecule has 2 unspecified atom stereocenters. The number of hydrogen-bond acceptors (Lipinski definition) is 5. The number of aliphatic hydroxyl groups is 1. The summed E-state index contributed by atoms with van der Waals surface area (Å²) < 4.78 is 6.82. The van der Waals surface area contributed by atoms with Crippen LogP contribution in [0.4, 0.5) is 0 Å². The van der Waals surface area contributed by atoms with Gasteiger partial charge in [-0.25, -0.2) is 0 Å². The maximum absolute atomic E-state index is 14.4. The van der Waals surface area contributed by atoms with Gasteiger partial charge in [0, 0.05) is 26.2 Å². The first-order valence-electron chi connectivity index (χ1n) is 15.2. The van der Waals surface area contributed by atoms with Crippen molar-refractivity contribution >= 4 is 17.7 Å². The number of unbranched alkanes of at least 4 members (excludes halogenated alkanes) is 2. The van der Waals surface area contributed by atoms with E-state index in [2.05, 4.69) is 20.1 Å². The number of nitrogens with zero attached hydrogens (tertiary/aromatic N) is 3. The van der Waals surface area contributed by atoms with E-state index in [1.165, 1.54) is 0 Å². The zero-order valence-corrected chi connectivity index (χ0v) is 25.0. The van der Waals surface area contributed by atoms with Gasteiger partial charge in [0.05, 0.1) is 30.1 Å². The molecule has 0 aromatic heterocycles. The number of carbonyl (C=O) groups is 3. The summed E-state index contributed by atoms with van der Waals surface area (Å²) in [5, 5.41) is 10.3. The molecule has 3 saturated heterocycles. The molecule has 0 radical (unpaired) electrons. The van der Waals surface area contributed by atoms with Crippen molar-refractivity contribution in [2.45, 2.75) is 89.1 Å². The number of amides is 3. The van der Waals surface area contributed by atoms with Crippen LogP contribution in [0.3, 0.4) is 0 Å². The largest absolute Gasteiger partial charge is 0.394 e. The van der Waals surface area contributed by atoms with E-state index in [1.807, 2.05) is 44.2 Å². The highest BCUT2D eigenvalue weighted by atomic mass is 16.5. The van der Waals surface area contributed by atoms with Crippen molar-refractivity contribution in [1.82, 2.24) is 14.7 Å². The van der Waals surface area contributed by atoms with Crippen LogP contribution in [0.5, 0.6) is 0 Å². The van der Waals surface area contributed by atoms with Gasteiger partial charge in [0.15, 0.2) is 0 Å². The van der Waals surface area contributed by atoms with Gasteiger partial charge in [0.2, 0.25) is 17.7 Å². The SMILES string of the molecule is C=CCN(CCCCC)C(=O)C1N([C@@H](CC)CO)C(=O)[C@@H]2[C@H](C(=O)N(CC=C)Cc3ccccc3)[C@]3(C)CCC12O3. The third-order valence-electron chi connectivity index (χ3n) is 9.36. The van der Waals surface area contributed by atoms with Gasteiger partial charge in [0.1, 0.15) is 11.6 Å². The summed E-state index contributed by atoms with van der Waals surface area (Å²) in [6.07, 6.45) is 7.83. The van der Waals surface area contributed by atoms with Crippen LogP contribution in [0.1, 0.15) is 64.9 Å². The number of aliphatic hydroxyl groups excluding tert-OH is 1. The Hall–Kier alpha value is -2.97. The molecule has 8 heteroatoms. The summed E-state index contributed by atoms with van der Waals surface area (Å²) in [4.78, 5) is 48.3. The molecule has 1 aromatic carbocycles. The predicted molar refractivity (Wildman–Crippen MR) is 159 cm³/mol. The normalized spacial score (nSPS) is 28.8. The number of ether oxygens (including phenoxy) is 1. The Morgan fingerprint density at radius 3 is 2.39 bits per heavy atom. The van der Waals surface area contributed by atoms with Gasteiger partial charge in [-0.1, -0.05) is 69.2 Å². The molecule has 0 saturated carbocycles. The smallest absolute Gasteiger partial charge is 0.248 e. The highest BCUT2D eigenvalue weighted by molar-refractivity contribution is 5.99. The van der Waals surface area contributed by atoms with E-state index in [1.54, 1.807) is 26.9 Å². The summed E-state index contributed by atoms with van der Waals surface area (Å²) in [5.74, 6) is -2.15. The number of likely N-dealkylation sites (tertiary alicyclic amines) is 1. The molecule has 3 aliphatic heterocycles. The zero-order chi connectivity index (χ0) is 29.8. The lowest BCUT2D eigenvalue weighted by Crippen LogP contribution is -2.58. The first kappa shape index (κ1) is 31.0. The van der Waals surface area contributed by atoms with Gasteiger partial charge in [-0.3, -0.25) is 14.4 Å². The van der Waals surface area contributed by atoms with Crippen LogP contribution >= 0.6 is 0 Å². The lowest BCUT2D eigenvalue weighted by molar-refractivity contribution is -0.156. The average Bonchev–Trinajstić information content (AvgIpc) is 3.54. The lowest BCUT2D eigenvalue weighted by Gasteiger charge is -2.39. The van der Waals surface area contributed by atoms with Crippen molar-refractivity contribution in [3.63, 3.8) is 0 Å². The number of hydrogen-bond donors (Lipinski definition) is 1. The van der Waals surface area contributed by atoms with Gasteiger partial charge in [-0.2, -0.15) is 0 Å². The number of benzene rings is 1. The van der Waals surface area contributed by atoms with Crippen molar-refractivity contribution in [3.05, 3.63) is 61.2 Å². The molecule has 41 heavy (non-hydrogen) atoms. The molecule has 2 bridgehead atoms. The summed E-state index contributed by atoms with van der Waals surface area (Å²) >= 11 is 0. The molecular formula is C33H47N3O5. The van der Waals surface area contributed by atoms with E-state index in [9.17, 15) is 19.5 Å². The Bertz CT molecular complexity index is 1120. The van der Waals surface area contributed by atoms with E-state index in [0.717, 1.165) is 24.8 Å². The van der Waals surface area contributed by atoms with Crippen molar-refractivity contribution < 1.29 is 24.2 Å². The van der Waals surface area contributed by atoms with Gasteiger partial charge in [-0.15, -0.1) is 13.2 Å². The van der Waals surface area contributed by atoms with Crippen molar-refractivity contribution in [2.75, 3.05) is 26.2 Å². The molecule has 0 aliphatic carbocycles. The maximum Gasteiger partial charge on any atom is 0.248 e. The fraction of sp³-hybridized carbons (Fsp3) is 0.606. The van der Waals surface area contributed by atoms with Crippen LogP contribution in [0.25, 0.3) is 0 Å². The second-order valence-electron chi connectivity index (χ2n) is 12.0. The summed E-state index contributed by atoms with van der Waals surface area (Å²) in [5.41, 5.74) is -1.01. The Labute approximate surface area is 245 Å². The fourth-order valence-corrected chi connectivity index (χ4v) is 7.39. The van der Waals surface area contributed by atoms with Crippen molar-refractivity contribution in [3.8, 4) is 0 Å². The molecule has 1 spiro atoms. The lowest BCUT2D eigenvalue weighted by atomic mass is 9.66. The van der Waals surface area contributed by atoms with Crippen LogP contribution in [0, 0.1) is 11.8 Å². The molecule has 1 aromatic rings. The monoisotopic (exact) mass is 565 g/mol. The highest BCUT2D eigenvalue weighted by Gasteiger charge is 2.78. The van der Waals surface area contributed by atoms with Crippen molar-refractivity contribution in [1.29, 1.82) is 0 Å². The average molecular weight is 566 g/mol. The fourth-order valence-electron chi connectivity index (χ4n) is 7.39. The van der Waals surface area contributed by atoms with E-state index in [0.29, 0.717) is 45.4 Å². The van der Waals surface area contributed by atoms with Crippen molar-refractivity contribution in [2.24, 2.45) is 11.8 Å². The molecular weight excluding hydrogens is 518 g/mol. The Kier molecular flexibility index (Phi) is 9.75. The topological polar surface area (TPSA) is 90.4 Å². The minimum atomic E-state index is -1.12. The number of fused-ring (bicyclic) bond motifs is 1.